The molecule has 2 rings (SSSR count). The summed E-state index contributed by atoms with van der Waals surface area (Å²) in [7, 11) is 0. The fourth-order valence-electron chi connectivity index (χ4n) is 2.20. The summed E-state index contributed by atoms with van der Waals surface area (Å²) in [5.41, 5.74) is 0.645. The van der Waals surface area contributed by atoms with Crippen LogP contribution in [0.3, 0.4) is 0 Å². The van der Waals surface area contributed by atoms with E-state index in [1.54, 1.807) is 0 Å². The number of aliphatic hydroxyl groups excluding tert-OH is 1. The predicted molar refractivity (Wildman–Crippen MR) is 50.2 cm³/mol. The molecule has 0 spiro atoms. The van der Waals surface area contributed by atoms with E-state index in [-0.39, 0.29) is 23.5 Å². The molecule has 0 aromatic heterocycles. The van der Waals surface area contributed by atoms with Gasteiger partial charge in [-0.3, -0.25) is 4.79 Å². The van der Waals surface area contributed by atoms with Crippen molar-refractivity contribution in [2.75, 3.05) is 0 Å². The molecule has 2 atom stereocenters. The summed E-state index contributed by atoms with van der Waals surface area (Å²) in [4.78, 5) is 11.8. The molecular weight excluding hydrogens is 164 g/mol. The minimum Gasteiger partial charge on any atom is -0.511 e. The van der Waals surface area contributed by atoms with Gasteiger partial charge in [0.05, 0.1) is 0 Å². The van der Waals surface area contributed by atoms with Gasteiger partial charge in [-0.2, -0.15) is 0 Å². The van der Waals surface area contributed by atoms with E-state index in [1.165, 1.54) is 0 Å². The molecule has 0 heterocycles. The Hall–Kier alpha value is -1.05. The van der Waals surface area contributed by atoms with E-state index in [2.05, 4.69) is 0 Å². The maximum atomic E-state index is 11.8. The van der Waals surface area contributed by atoms with Gasteiger partial charge in [-0.1, -0.05) is 26.0 Å². The molecule has 2 bridgehead atoms. The maximum Gasteiger partial charge on any atom is 0.169 e. The van der Waals surface area contributed by atoms with Gasteiger partial charge in [0.1, 0.15) is 5.76 Å². The van der Waals surface area contributed by atoms with Crippen LogP contribution in [0, 0.1) is 17.8 Å². The smallest absolute Gasteiger partial charge is 0.169 e. The molecule has 0 amide bonds. The normalized spacial score (nSPS) is 32.1. The first-order chi connectivity index (χ1) is 6.11. The summed E-state index contributed by atoms with van der Waals surface area (Å²) < 4.78 is 0. The van der Waals surface area contributed by atoms with E-state index >= 15 is 0 Å². The van der Waals surface area contributed by atoms with Crippen LogP contribution < -0.4 is 0 Å². The summed E-state index contributed by atoms with van der Waals surface area (Å²) in [6.07, 6.45) is 4.66. The summed E-state index contributed by atoms with van der Waals surface area (Å²) in [6.45, 7) is 3.91. The molecule has 0 aromatic rings. The topological polar surface area (TPSA) is 37.3 Å². The molecule has 70 valence electrons. The number of carbonyl (C=O) groups excluding carboxylic acids is 1. The molecule has 0 radical (unpaired) electrons. The first kappa shape index (κ1) is 8.54. The predicted octanol–water partition coefficient (Wildman–Crippen LogP) is 2.23. The van der Waals surface area contributed by atoms with Crippen molar-refractivity contribution in [2.45, 2.75) is 20.3 Å². The second kappa shape index (κ2) is 2.72. The molecule has 2 unspecified atom stereocenters. The lowest BCUT2D eigenvalue weighted by molar-refractivity contribution is -0.119. The molecule has 0 saturated carbocycles. The van der Waals surface area contributed by atoms with Crippen molar-refractivity contribution in [3.8, 4) is 0 Å². The standard InChI is InChI=1S/C11H14O2/c1-6(2)9-10(12)7-3-4-8(5-7)11(9)13/h3-4,6-8,12H,5H2,1-2H3. The number of rotatable bonds is 1. The van der Waals surface area contributed by atoms with Crippen molar-refractivity contribution >= 4 is 5.78 Å². The Morgan fingerprint density at radius 3 is 2.62 bits per heavy atom. The highest BCUT2D eigenvalue weighted by molar-refractivity contribution is 6.00. The van der Waals surface area contributed by atoms with E-state index < -0.39 is 0 Å². The number of allylic oxidation sites excluding steroid dienone is 3. The molecule has 2 aliphatic rings. The number of hydrogen-bond acceptors (Lipinski definition) is 2. The first-order valence-corrected chi connectivity index (χ1v) is 4.76. The molecule has 0 aliphatic heterocycles. The van der Waals surface area contributed by atoms with Crippen LogP contribution in [0.1, 0.15) is 20.3 Å². The van der Waals surface area contributed by atoms with Crippen molar-refractivity contribution < 1.29 is 9.90 Å². The van der Waals surface area contributed by atoms with Crippen LogP contribution in [0.5, 0.6) is 0 Å². The molecule has 2 heteroatoms. The minimum atomic E-state index is 0.0401. The molecule has 0 fully saturated rings. The highest BCUT2D eigenvalue weighted by Crippen LogP contribution is 2.39. The molecule has 13 heavy (non-hydrogen) atoms. The van der Waals surface area contributed by atoms with Gasteiger partial charge in [0, 0.05) is 17.4 Å². The van der Waals surface area contributed by atoms with Crippen LogP contribution in [0.15, 0.2) is 23.5 Å². The zero-order chi connectivity index (χ0) is 9.59. The van der Waals surface area contributed by atoms with E-state index in [0.717, 1.165) is 6.42 Å². The van der Waals surface area contributed by atoms with E-state index in [1.807, 2.05) is 26.0 Å². The van der Waals surface area contributed by atoms with Gasteiger partial charge < -0.3 is 5.11 Å². The number of aliphatic hydroxyl groups is 1. The Bertz CT molecular complexity index is 310. The van der Waals surface area contributed by atoms with Crippen LogP contribution in [-0.2, 0) is 4.79 Å². The molecule has 0 saturated heterocycles. The summed E-state index contributed by atoms with van der Waals surface area (Å²) >= 11 is 0. The molecule has 2 nitrogen and oxygen atoms in total. The number of ketones is 1. The molecular formula is C11H14O2. The molecule has 1 N–H and O–H groups in total. The lowest BCUT2D eigenvalue weighted by Crippen LogP contribution is -2.25. The zero-order valence-corrected chi connectivity index (χ0v) is 7.95. The van der Waals surface area contributed by atoms with Gasteiger partial charge in [0.2, 0.25) is 0 Å². The Labute approximate surface area is 78.0 Å². The van der Waals surface area contributed by atoms with Gasteiger partial charge in [0.25, 0.3) is 0 Å². The van der Waals surface area contributed by atoms with Gasteiger partial charge >= 0.3 is 0 Å². The monoisotopic (exact) mass is 178 g/mol. The largest absolute Gasteiger partial charge is 0.511 e. The van der Waals surface area contributed by atoms with Crippen LogP contribution in [0.2, 0.25) is 0 Å². The SMILES string of the molecule is CC(C)C1=C(O)C2C=CC(C2)C1=O. The third-order valence-electron chi connectivity index (χ3n) is 2.89. The second-order valence-electron chi connectivity index (χ2n) is 4.15. The zero-order valence-electron chi connectivity index (χ0n) is 7.95. The van der Waals surface area contributed by atoms with E-state index in [0.29, 0.717) is 11.3 Å². The number of hydrogen-bond donors (Lipinski definition) is 1. The van der Waals surface area contributed by atoms with Crippen molar-refractivity contribution in [2.24, 2.45) is 17.8 Å². The summed E-state index contributed by atoms with van der Waals surface area (Å²) in [5, 5.41) is 9.80. The fourth-order valence-corrected chi connectivity index (χ4v) is 2.20. The Morgan fingerprint density at radius 2 is 2.00 bits per heavy atom. The van der Waals surface area contributed by atoms with Crippen LogP contribution in [-0.4, -0.2) is 10.9 Å². The number of carbonyl (C=O) groups is 1. The van der Waals surface area contributed by atoms with Crippen molar-refractivity contribution in [3.63, 3.8) is 0 Å². The Morgan fingerprint density at radius 1 is 1.38 bits per heavy atom. The van der Waals surface area contributed by atoms with Gasteiger partial charge in [-0.25, -0.2) is 0 Å². The van der Waals surface area contributed by atoms with E-state index in [4.69, 9.17) is 0 Å². The van der Waals surface area contributed by atoms with Crippen LogP contribution in [0.4, 0.5) is 0 Å². The lowest BCUT2D eigenvalue weighted by atomic mass is 9.81. The second-order valence-corrected chi connectivity index (χ2v) is 4.15. The van der Waals surface area contributed by atoms with Gasteiger partial charge in [-0.15, -0.1) is 0 Å². The summed E-state index contributed by atoms with van der Waals surface area (Å²) in [6, 6.07) is 0. The average Bonchev–Trinajstić information content (AvgIpc) is 2.46. The lowest BCUT2D eigenvalue weighted by Gasteiger charge is -2.23. The number of fused-ring (bicyclic) bond motifs is 2. The highest BCUT2D eigenvalue weighted by Gasteiger charge is 2.37. The fraction of sp³-hybridized carbons (Fsp3) is 0.545. The van der Waals surface area contributed by atoms with Crippen molar-refractivity contribution in [1.29, 1.82) is 0 Å². The van der Waals surface area contributed by atoms with Gasteiger partial charge in [-0.05, 0) is 12.3 Å². The third-order valence-corrected chi connectivity index (χ3v) is 2.89. The first-order valence-electron chi connectivity index (χ1n) is 4.76. The van der Waals surface area contributed by atoms with Crippen LogP contribution in [0.25, 0.3) is 0 Å². The van der Waals surface area contributed by atoms with Crippen molar-refractivity contribution in [3.05, 3.63) is 23.5 Å². The van der Waals surface area contributed by atoms with Crippen molar-refractivity contribution in [1.82, 2.24) is 0 Å². The third kappa shape index (κ3) is 1.12. The van der Waals surface area contributed by atoms with Gasteiger partial charge in [0.15, 0.2) is 5.78 Å². The Balaban J connectivity index is 2.45. The Kier molecular flexibility index (Phi) is 1.79. The highest BCUT2D eigenvalue weighted by atomic mass is 16.3. The minimum absolute atomic E-state index is 0.0401. The van der Waals surface area contributed by atoms with E-state index in [9.17, 15) is 9.90 Å². The maximum absolute atomic E-state index is 11.8. The summed E-state index contributed by atoms with van der Waals surface area (Å²) in [5.74, 6) is 0.721. The number of Topliss-reactive ketones (excluding diaryl/α,β-unsaturated/α-hetero) is 1. The molecule has 0 aromatic carbocycles. The average molecular weight is 178 g/mol. The molecule has 2 aliphatic carbocycles. The quantitative estimate of drug-likeness (QED) is 0.625. The van der Waals surface area contributed by atoms with Crippen LogP contribution >= 0.6 is 0 Å².